The number of nitrogens with zero attached hydrogens (tertiary/aromatic N) is 1. The average molecular weight is 372 g/mol. The Morgan fingerprint density at radius 1 is 1.27 bits per heavy atom. The lowest BCUT2D eigenvalue weighted by atomic mass is 10.0. The summed E-state index contributed by atoms with van der Waals surface area (Å²) in [6, 6.07) is 12.1. The van der Waals surface area contributed by atoms with Crippen molar-refractivity contribution in [3.8, 4) is 0 Å². The smallest absolute Gasteiger partial charge is 0.307 e. The van der Waals surface area contributed by atoms with Gasteiger partial charge in [-0.25, -0.2) is 0 Å². The van der Waals surface area contributed by atoms with Crippen LogP contribution in [0.15, 0.2) is 42.5 Å². The summed E-state index contributed by atoms with van der Waals surface area (Å²) < 4.78 is 4.75. The van der Waals surface area contributed by atoms with E-state index in [9.17, 15) is 9.59 Å². The lowest BCUT2D eigenvalue weighted by Gasteiger charge is -2.19. The molecule has 0 spiro atoms. The summed E-state index contributed by atoms with van der Waals surface area (Å²) in [5.41, 5.74) is 2.70. The van der Waals surface area contributed by atoms with E-state index < -0.39 is 17.9 Å². The molecule has 26 heavy (non-hydrogen) atoms. The molecule has 0 bridgehead atoms. The number of carbonyl (C=O) groups is 2. The van der Waals surface area contributed by atoms with Crippen molar-refractivity contribution in [2.24, 2.45) is 0 Å². The molecule has 0 radical (unpaired) electrons. The van der Waals surface area contributed by atoms with Crippen molar-refractivity contribution < 1.29 is 14.3 Å². The second kappa shape index (κ2) is 7.58. The van der Waals surface area contributed by atoms with E-state index in [4.69, 9.17) is 16.3 Å². The molecule has 0 saturated carbocycles. The Morgan fingerprint density at radius 2 is 2.04 bits per heavy atom. The van der Waals surface area contributed by atoms with Crippen molar-refractivity contribution >= 4 is 34.4 Å². The molecule has 6 nitrogen and oxygen atoms in total. The number of methoxy groups -OCH3 is 1. The number of amides is 1. The third-order valence-corrected chi connectivity index (χ3v) is 4.46. The van der Waals surface area contributed by atoms with Gasteiger partial charge in [0.15, 0.2) is 5.69 Å². The van der Waals surface area contributed by atoms with Gasteiger partial charge in [0.25, 0.3) is 5.91 Å². The van der Waals surface area contributed by atoms with Crippen molar-refractivity contribution in [1.29, 1.82) is 0 Å². The Labute approximate surface area is 155 Å². The SMILES string of the molecule is COC(=O)CC(NC(=O)c1n[nH]c2ccc(C)cc12)c1ccccc1Cl. The van der Waals surface area contributed by atoms with Crippen LogP contribution in [0.3, 0.4) is 0 Å². The van der Waals surface area contributed by atoms with Gasteiger partial charge in [-0.3, -0.25) is 14.7 Å². The number of fused-ring (bicyclic) bond motifs is 1. The van der Waals surface area contributed by atoms with Crippen LogP contribution in [0.5, 0.6) is 0 Å². The van der Waals surface area contributed by atoms with Crippen LogP contribution in [0.2, 0.25) is 5.02 Å². The Balaban J connectivity index is 1.92. The lowest BCUT2D eigenvalue weighted by molar-refractivity contribution is -0.141. The second-order valence-electron chi connectivity index (χ2n) is 5.95. The van der Waals surface area contributed by atoms with Crippen LogP contribution in [0.1, 0.15) is 34.1 Å². The number of carbonyl (C=O) groups excluding carboxylic acids is 2. The molecule has 2 N–H and O–H groups in total. The van der Waals surface area contributed by atoms with Gasteiger partial charge in [-0.2, -0.15) is 5.10 Å². The molecule has 1 amide bonds. The molecule has 1 unspecified atom stereocenters. The number of hydrogen-bond donors (Lipinski definition) is 2. The Kier molecular flexibility index (Phi) is 5.23. The molecule has 3 rings (SSSR count). The van der Waals surface area contributed by atoms with E-state index in [2.05, 4.69) is 15.5 Å². The minimum atomic E-state index is -0.625. The van der Waals surface area contributed by atoms with Gasteiger partial charge in [0.1, 0.15) is 0 Å². The van der Waals surface area contributed by atoms with E-state index in [0.29, 0.717) is 10.6 Å². The van der Waals surface area contributed by atoms with Gasteiger partial charge in [-0.05, 0) is 30.7 Å². The maximum atomic E-state index is 12.8. The maximum Gasteiger partial charge on any atom is 0.307 e. The highest BCUT2D eigenvalue weighted by Crippen LogP contribution is 2.26. The zero-order valence-electron chi connectivity index (χ0n) is 14.4. The van der Waals surface area contributed by atoms with Crippen LogP contribution >= 0.6 is 11.6 Å². The molecule has 0 fully saturated rings. The second-order valence-corrected chi connectivity index (χ2v) is 6.36. The molecule has 0 saturated heterocycles. The zero-order chi connectivity index (χ0) is 18.7. The summed E-state index contributed by atoms with van der Waals surface area (Å²) in [5.74, 6) is -0.839. The van der Waals surface area contributed by atoms with E-state index in [1.165, 1.54) is 7.11 Å². The third-order valence-electron chi connectivity index (χ3n) is 4.12. The molecule has 0 aliphatic rings. The quantitative estimate of drug-likeness (QED) is 0.671. The first-order valence-corrected chi connectivity index (χ1v) is 8.44. The van der Waals surface area contributed by atoms with Gasteiger partial charge in [0.05, 0.1) is 25.1 Å². The predicted octanol–water partition coefficient (Wildman–Crippen LogP) is 3.56. The van der Waals surface area contributed by atoms with E-state index in [1.54, 1.807) is 24.3 Å². The topological polar surface area (TPSA) is 84.1 Å². The molecule has 1 atom stereocenters. The van der Waals surface area contributed by atoms with Crippen LogP contribution < -0.4 is 5.32 Å². The summed E-state index contributed by atoms with van der Waals surface area (Å²) >= 11 is 6.24. The summed E-state index contributed by atoms with van der Waals surface area (Å²) in [6.45, 7) is 1.94. The molecule has 7 heteroatoms. The molecular formula is C19H18ClN3O3. The van der Waals surface area contributed by atoms with Gasteiger partial charge in [-0.15, -0.1) is 0 Å². The molecule has 3 aromatic rings. The van der Waals surface area contributed by atoms with Crippen LogP contribution in [0.25, 0.3) is 10.9 Å². The summed E-state index contributed by atoms with van der Waals surface area (Å²) in [7, 11) is 1.30. The monoisotopic (exact) mass is 371 g/mol. The normalized spacial score (nSPS) is 12.0. The van der Waals surface area contributed by atoms with Gasteiger partial charge in [-0.1, -0.05) is 41.4 Å². The summed E-state index contributed by atoms with van der Waals surface area (Å²) in [5, 5.41) is 11.0. The summed E-state index contributed by atoms with van der Waals surface area (Å²) in [4.78, 5) is 24.6. The first-order chi connectivity index (χ1) is 12.5. The number of H-pyrrole nitrogens is 1. The van der Waals surface area contributed by atoms with Crippen molar-refractivity contribution in [1.82, 2.24) is 15.5 Å². The molecule has 1 heterocycles. The number of benzene rings is 2. The predicted molar refractivity (Wildman–Crippen MR) is 99.1 cm³/mol. The highest BCUT2D eigenvalue weighted by Gasteiger charge is 2.23. The van der Waals surface area contributed by atoms with Crippen molar-refractivity contribution in [2.45, 2.75) is 19.4 Å². The van der Waals surface area contributed by atoms with Gasteiger partial charge >= 0.3 is 5.97 Å². The van der Waals surface area contributed by atoms with Crippen molar-refractivity contribution in [2.75, 3.05) is 7.11 Å². The van der Waals surface area contributed by atoms with Crippen LogP contribution in [-0.4, -0.2) is 29.2 Å². The molecule has 0 aliphatic heterocycles. The molecular weight excluding hydrogens is 354 g/mol. The molecule has 0 aliphatic carbocycles. The Hall–Kier alpha value is -2.86. The standard InChI is InChI=1S/C19H18ClN3O3/c1-11-7-8-15-13(9-11)18(23-22-15)19(25)21-16(10-17(24)26-2)12-5-3-4-6-14(12)20/h3-9,16H,10H2,1-2H3,(H,21,25)(H,22,23). The number of hydrogen-bond acceptors (Lipinski definition) is 4. The fourth-order valence-corrected chi connectivity index (χ4v) is 3.04. The number of aromatic amines is 1. The zero-order valence-corrected chi connectivity index (χ0v) is 15.1. The molecule has 1 aromatic heterocycles. The van der Waals surface area contributed by atoms with Gasteiger partial charge < -0.3 is 10.1 Å². The minimum Gasteiger partial charge on any atom is -0.469 e. The third kappa shape index (κ3) is 3.70. The highest BCUT2D eigenvalue weighted by molar-refractivity contribution is 6.31. The fraction of sp³-hybridized carbons (Fsp3) is 0.211. The van der Waals surface area contributed by atoms with E-state index in [-0.39, 0.29) is 12.1 Å². The van der Waals surface area contributed by atoms with E-state index in [1.807, 2.05) is 25.1 Å². The Morgan fingerprint density at radius 3 is 2.77 bits per heavy atom. The average Bonchev–Trinajstić information content (AvgIpc) is 3.04. The molecule has 2 aromatic carbocycles. The van der Waals surface area contributed by atoms with Crippen molar-refractivity contribution in [3.63, 3.8) is 0 Å². The molecule has 134 valence electrons. The van der Waals surface area contributed by atoms with E-state index in [0.717, 1.165) is 16.5 Å². The number of nitrogens with one attached hydrogen (secondary N) is 2. The van der Waals surface area contributed by atoms with Crippen LogP contribution in [-0.2, 0) is 9.53 Å². The minimum absolute atomic E-state index is 0.0344. The van der Waals surface area contributed by atoms with Crippen LogP contribution in [0, 0.1) is 6.92 Å². The number of aromatic nitrogens is 2. The van der Waals surface area contributed by atoms with Gasteiger partial charge in [0.2, 0.25) is 0 Å². The summed E-state index contributed by atoms with van der Waals surface area (Å²) in [6.07, 6.45) is -0.0344. The lowest BCUT2D eigenvalue weighted by Crippen LogP contribution is -2.31. The van der Waals surface area contributed by atoms with Gasteiger partial charge in [0, 0.05) is 10.4 Å². The Bertz CT molecular complexity index is 968. The number of rotatable bonds is 5. The van der Waals surface area contributed by atoms with Crippen molar-refractivity contribution in [3.05, 3.63) is 64.3 Å². The number of esters is 1. The fourth-order valence-electron chi connectivity index (χ4n) is 2.77. The largest absolute Gasteiger partial charge is 0.469 e. The van der Waals surface area contributed by atoms with Crippen LogP contribution in [0.4, 0.5) is 0 Å². The van der Waals surface area contributed by atoms with E-state index >= 15 is 0 Å². The maximum absolute atomic E-state index is 12.8. The first-order valence-electron chi connectivity index (χ1n) is 8.06. The number of aryl methyl sites for hydroxylation is 1. The number of ether oxygens (including phenoxy) is 1. The first kappa shape index (κ1) is 17.9. The number of halogens is 1. The highest BCUT2D eigenvalue weighted by atomic mass is 35.5.